The van der Waals surface area contributed by atoms with Gasteiger partial charge in [0.05, 0.1) is 24.5 Å². The second-order valence-electron chi connectivity index (χ2n) is 6.98. The van der Waals surface area contributed by atoms with Crippen molar-refractivity contribution in [2.24, 2.45) is 0 Å². The first-order chi connectivity index (χ1) is 15.6. The van der Waals surface area contributed by atoms with Crippen molar-refractivity contribution >= 4 is 11.6 Å². The van der Waals surface area contributed by atoms with Crippen LogP contribution in [0.1, 0.15) is 20.2 Å². The summed E-state index contributed by atoms with van der Waals surface area (Å²) >= 11 is 5.52. The minimum Gasteiger partial charge on any atom is -0.503 e. The van der Waals surface area contributed by atoms with Gasteiger partial charge in [-0.1, -0.05) is 19.3 Å². The topological polar surface area (TPSA) is 99.7 Å². The highest BCUT2D eigenvalue weighted by molar-refractivity contribution is 6.17. The van der Waals surface area contributed by atoms with Crippen LogP contribution in [0.5, 0.6) is 11.5 Å². The number of nitrogens with one attached hydrogen (secondary N) is 1. The Bertz CT molecular complexity index is 1070. The van der Waals surface area contributed by atoms with Crippen molar-refractivity contribution in [1.82, 2.24) is 19.4 Å². The zero-order valence-electron chi connectivity index (χ0n) is 19.6. The van der Waals surface area contributed by atoms with Crippen LogP contribution in [-0.2, 0) is 13.1 Å². The van der Waals surface area contributed by atoms with E-state index in [1.807, 2.05) is 23.6 Å². The highest BCUT2D eigenvalue weighted by Gasteiger charge is 2.05. The van der Waals surface area contributed by atoms with Crippen molar-refractivity contribution in [3.05, 3.63) is 56.4 Å². The standard InChI is InChI=1S/C12H16N2O2.C8H10ClNO2.C4H7N.CH4.H2/c1-4-6-13(3)8-9-14-7-5-11(15)12(16)10(14)2;1-6-8(12)7(11)2-4-10(6)5-3-9;1-3-4-5-2;;/h1,5,7,16H,6,8-9H2,2-3H3;2,4,12H,3,5H2,1H3;1,5H,4H2,2H3;1H4;1H. The number of alkyl halides is 1. The second-order valence-corrected chi connectivity index (χ2v) is 7.36. The van der Waals surface area contributed by atoms with Crippen LogP contribution in [0.4, 0.5) is 0 Å². The van der Waals surface area contributed by atoms with Gasteiger partial charge in [0.25, 0.3) is 0 Å². The highest BCUT2D eigenvalue weighted by Crippen LogP contribution is 2.09. The first kappa shape index (κ1) is 33.0. The molecule has 9 heteroatoms. The molecule has 0 saturated carbocycles. The number of hydrogen-bond donors (Lipinski definition) is 3. The third-order valence-corrected chi connectivity index (χ3v) is 4.68. The summed E-state index contributed by atoms with van der Waals surface area (Å²) in [6.45, 7) is 6.72. The maximum Gasteiger partial charge on any atom is 0.223 e. The molecule has 2 rings (SSSR count). The Labute approximate surface area is 209 Å². The highest BCUT2D eigenvalue weighted by atomic mass is 35.5. The number of nitrogens with zero attached hydrogens (tertiary/aromatic N) is 3. The van der Waals surface area contributed by atoms with E-state index in [2.05, 4.69) is 17.2 Å². The maximum absolute atomic E-state index is 11.1. The first-order valence-corrected chi connectivity index (χ1v) is 10.7. The van der Waals surface area contributed by atoms with E-state index in [1.165, 1.54) is 12.1 Å². The lowest BCUT2D eigenvalue weighted by atomic mass is 10.3. The van der Waals surface area contributed by atoms with Crippen LogP contribution in [0.3, 0.4) is 0 Å². The van der Waals surface area contributed by atoms with E-state index in [0.29, 0.717) is 43.4 Å². The molecule has 0 fully saturated rings. The Morgan fingerprint density at radius 2 is 1.50 bits per heavy atom. The number of hydrogen-bond acceptors (Lipinski definition) is 6. The smallest absolute Gasteiger partial charge is 0.223 e. The van der Waals surface area contributed by atoms with Crippen LogP contribution >= 0.6 is 11.6 Å². The number of aromatic hydroxyl groups is 2. The minimum atomic E-state index is -0.349. The summed E-state index contributed by atoms with van der Waals surface area (Å²) < 4.78 is 3.58. The average Bonchev–Trinajstić information content (AvgIpc) is 2.79. The number of aryl methyl sites for hydroxylation is 1. The molecule has 2 heterocycles. The number of aromatic nitrogens is 2. The lowest BCUT2D eigenvalue weighted by Crippen LogP contribution is -2.24. The number of pyridine rings is 2. The molecule has 0 saturated heterocycles. The van der Waals surface area contributed by atoms with Gasteiger partial charge < -0.3 is 24.7 Å². The van der Waals surface area contributed by atoms with E-state index < -0.39 is 0 Å². The van der Waals surface area contributed by atoms with Gasteiger partial charge in [-0.25, -0.2) is 0 Å². The fourth-order valence-electron chi connectivity index (χ4n) is 2.52. The average molecular weight is 495 g/mol. The molecule has 2 aromatic rings. The third kappa shape index (κ3) is 11.6. The molecule has 2 aromatic heterocycles. The predicted octanol–water partition coefficient (Wildman–Crippen LogP) is 2.25. The summed E-state index contributed by atoms with van der Waals surface area (Å²) in [5.74, 6) is 5.05. The summed E-state index contributed by atoms with van der Waals surface area (Å²) in [4.78, 5) is 24.0. The molecule has 0 atom stereocenters. The first-order valence-electron chi connectivity index (χ1n) is 10.2. The Balaban J connectivity index is -0.000000479. The molecule has 0 aromatic carbocycles. The summed E-state index contributed by atoms with van der Waals surface area (Å²) in [6.07, 6.45) is 13.3. The number of halogens is 1. The SMILES string of the molecule is C.C#CCN(C)CCn1ccc(=O)c(O)c1C.C#CCNC.Cc1c(O)c(=O)ccn1CCCl.[HH]. The molecule has 0 spiro atoms. The van der Waals surface area contributed by atoms with Crippen LogP contribution in [-0.4, -0.2) is 63.9 Å². The molecular formula is C25H39ClN4O4. The van der Waals surface area contributed by atoms with Crippen molar-refractivity contribution in [3.63, 3.8) is 0 Å². The number of likely N-dealkylation sites (N-methyl/N-ethyl adjacent to an activating group) is 1. The monoisotopic (exact) mass is 494 g/mol. The summed E-state index contributed by atoms with van der Waals surface area (Å²) in [6, 6.07) is 2.69. The summed E-state index contributed by atoms with van der Waals surface area (Å²) in [5.41, 5.74) is 0.453. The van der Waals surface area contributed by atoms with Gasteiger partial charge in [0.2, 0.25) is 10.9 Å². The van der Waals surface area contributed by atoms with Crippen molar-refractivity contribution in [3.8, 4) is 36.2 Å². The lowest BCUT2D eigenvalue weighted by molar-refractivity contribution is 0.350. The Morgan fingerprint density at radius 3 is 1.85 bits per heavy atom. The van der Waals surface area contributed by atoms with Crippen LogP contribution in [0.25, 0.3) is 0 Å². The van der Waals surface area contributed by atoms with Crippen LogP contribution in [0.2, 0.25) is 0 Å². The van der Waals surface area contributed by atoms with Gasteiger partial charge in [0.1, 0.15) is 0 Å². The van der Waals surface area contributed by atoms with Crippen molar-refractivity contribution in [2.75, 3.05) is 39.6 Å². The van der Waals surface area contributed by atoms with Crippen LogP contribution < -0.4 is 16.2 Å². The molecule has 3 N–H and O–H groups in total. The van der Waals surface area contributed by atoms with Crippen molar-refractivity contribution in [1.29, 1.82) is 0 Å². The summed E-state index contributed by atoms with van der Waals surface area (Å²) in [5, 5.41) is 21.5. The van der Waals surface area contributed by atoms with Gasteiger partial charge in [0.15, 0.2) is 11.5 Å². The van der Waals surface area contributed by atoms with Gasteiger partial charge in [-0.2, -0.15) is 0 Å². The Hall–Kier alpha value is -3.17. The molecule has 0 aliphatic rings. The van der Waals surface area contributed by atoms with E-state index in [-0.39, 0.29) is 31.2 Å². The molecule has 0 bridgehead atoms. The van der Waals surface area contributed by atoms with Gasteiger partial charge in [0, 0.05) is 51.5 Å². The normalized spacial score (nSPS) is 9.41. The van der Waals surface area contributed by atoms with Gasteiger partial charge in [-0.05, 0) is 27.9 Å². The zero-order chi connectivity index (χ0) is 25.4. The fourth-order valence-corrected chi connectivity index (χ4v) is 2.70. The largest absolute Gasteiger partial charge is 0.503 e. The maximum atomic E-state index is 11.1. The van der Waals surface area contributed by atoms with Gasteiger partial charge in [-0.3, -0.25) is 14.5 Å². The Morgan fingerprint density at radius 1 is 1.03 bits per heavy atom. The molecule has 190 valence electrons. The molecule has 0 aliphatic heterocycles. The molecule has 0 radical (unpaired) electrons. The van der Waals surface area contributed by atoms with E-state index >= 15 is 0 Å². The quantitative estimate of drug-likeness (QED) is 0.403. The van der Waals surface area contributed by atoms with Crippen LogP contribution in [0, 0.1) is 38.5 Å². The molecule has 0 amide bonds. The lowest BCUT2D eigenvalue weighted by Gasteiger charge is -2.16. The molecule has 0 aliphatic carbocycles. The van der Waals surface area contributed by atoms with Crippen molar-refractivity contribution < 1.29 is 11.6 Å². The van der Waals surface area contributed by atoms with E-state index in [4.69, 9.17) is 24.4 Å². The third-order valence-electron chi connectivity index (χ3n) is 4.51. The van der Waals surface area contributed by atoms with E-state index in [9.17, 15) is 19.8 Å². The predicted molar refractivity (Wildman–Crippen MR) is 143 cm³/mol. The molecule has 34 heavy (non-hydrogen) atoms. The minimum absolute atomic E-state index is 0. The van der Waals surface area contributed by atoms with E-state index in [1.54, 1.807) is 30.8 Å². The summed E-state index contributed by atoms with van der Waals surface area (Å²) in [7, 11) is 3.75. The van der Waals surface area contributed by atoms with Crippen LogP contribution in [0.15, 0.2) is 34.1 Å². The number of terminal acetylenes is 2. The second kappa shape index (κ2) is 18.3. The van der Waals surface area contributed by atoms with E-state index in [0.717, 1.165) is 6.54 Å². The van der Waals surface area contributed by atoms with Crippen molar-refractivity contribution in [2.45, 2.75) is 34.4 Å². The zero-order valence-corrected chi connectivity index (χ0v) is 20.4. The fraction of sp³-hybridized carbons (Fsp3) is 0.440. The van der Waals surface area contributed by atoms with Gasteiger partial charge in [-0.15, -0.1) is 24.4 Å². The molecule has 8 nitrogen and oxygen atoms in total. The molecular weight excluding hydrogens is 456 g/mol. The van der Waals surface area contributed by atoms with Gasteiger partial charge >= 0.3 is 0 Å². The Kier molecular flexibility index (Phi) is 17.7. The molecule has 0 unspecified atom stereocenters. The number of rotatable bonds is 7.